The summed E-state index contributed by atoms with van der Waals surface area (Å²) >= 11 is 0. The van der Waals surface area contributed by atoms with Crippen LogP contribution >= 0.6 is 0 Å². The lowest BCUT2D eigenvalue weighted by Crippen LogP contribution is -2.07. The number of pyridine rings is 1. The molecule has 3 nitrogen and oxygen atoms in total. The largest absolute Gasteiger partial charge is 0.495 e. The van der Waals surface area contributed by atoms with Gasteiger partial charge in [0.2, 0.25) is 0 Å². The van der Waals surface area contributed by atoms with Crippen LogP contribution in [0.1, 0.15) is 22.8 Å². The Morgan fingerprint density at radius 1 is 1.15 bits per heavy atom. The molecular weight excluding hydrogens is 271 g/mol. The van der Waals surface area contributed by atoms with Crippen molar-refractivity contribution in [2.45, 2.75) is 12.3 Å². The number of hydrogen-bond donors (Lipinski definition) is 1. The summed E-state index contributed by atoms with van der Waals surface area (Å²) in [6.07, 6.45) is -2.81. The lowest BCUT2D eigenvalue weighted by atomic mass is 10.0. The summed E-state index contributed by atoms with van der Waals surface area (Å²) in [6.45, 7) is 0. The van der Waals surface area contributed by atoms with E-state index in [2.05, 4.69) is 4.98 Å². The monoisotopic (exact) mass is 283 g/mol. The predicted molar refractivity (Wildman–Crippen MR) is 66.3 cm³/mol. The second kappa shape index (κ2) is 5.50. The number of methoxy groups -OCH3 is 1. The zero-order chi connectivity index (χ0) is 14.8. The van der Waals surface area contributed by atoms with Crippen LogP contribution in [-0.4, -0.2) is 17.2 Å². The number of alkyl halides is 3. The summed E-state index contributed by atoms with van der Waals surface area (Å²) in [6, 6.07) is 6.09. The molecule has 1 heterocycles. The van der Waals surface area contributed by atoms with Gasteiger partial charge in [0.15, 0.2) is 0 Å². The normalized spacial score (nSPS) is 13.1. The Balaban J connectivity index is 2.35. The third-order valence-corrected chi connectivity index (χ3v) is 2.82. The number of aliphatic hydroxyl groups excluding tert-OH is 1. The van der Waals surface area contributed by atoms with E-state index in [1.807, 2.05) is 0 Å². The summed E-state index contributed by atoms with van der Waals surface area (Å²) in [7, 11) is 1.44. The van der Waals surface area contributed by atoms with E-state index in [0.717, 1.165) is 12.1 Å². The molecule has 1 N–H and O–H groups in total. The zero-order valence-electron chi connectivity index (χ0n) is 10.6. The zero-order valence-corrected chi connectivity index (χ0v) is 10.6. The molecular formula is C14H12F3NO2. The fourth-order valence-electron chi connectivity index (χ4n) is 1.77. The Kier molecular flexibility index (Phi) is 3.94. The van der Waals surface area contributed by atoms with E-state index in [-0.39, 0.29) is 5.56 Å². The van der Waals surface area contributed by atoms with Crippen LogP contribution in [0.4, 0.5) is 13.2 Å². The van der Waals surface area contributed by atoms with Crippen molar-refractivity contribution in [2.75, 3.05) is 7.11 Å². The van der Waals surface area contributed by atoms with Gasteiger partial charge in [-0.1, -0.05) is 12.1 Å². The van der Waals surface area contributed by atoms with Crippen LogP contribution in [-0.2, 0) is 6.18 Å². The maximum atomic E-state index is 12.6. The molecule has 2 aromatic rings. The highest BCUT2D eigenvalue weighted by Crippen LogP contribution is 2.32. The molecule has 0 aliphatic carbocycles. The van der Waals surface area contributed by atoms with Gasteiger partial charge < -0.3 is 9.84 Å². The van der Waals surface area contributed by atoms with Crippen LogP contribution < -0.4 is 4.74 Å². The number of rotatable bonds is 3. The number of hydrogen-bond acceptors (Lipinski definition) is 3. The first-order valence-electron chi connectivity index (χ1n) is 5.76. The standard InChI is InChI=1S/C14H12F3NO2/c1-20-12-6-10(7-18-8-12)13(19)9-3-2-4-11(5-9)14(15,16)17/h2-8,13,19H,1H3. The first-order valence-corrected chi connectivity index (χ1v) is 5.76. The van der Waals surface area contributed by atoms with E-state index in [1.54, 1.807) is 0 Å². The Labute approximate surface area is 113 Å². The van der Waals surface area contributed by atoms with Crippen molar-refractivity contribution >= 4 is 0 Å². The van der Waals surface area contributed by atoms with E-state index >= 15 is 0 Å². The van der Waals surface area contributed by atoms with Crippen molar-refractivity contribution in [2.24, 2.45) is 0 Å². The van der Waals surface area contributed by atoms with Crippen molar-refractivity contribution < 1.29 is 23.0 Å². The van der Waals surface area contributed by atoms with Gasteiger partial charge in [0.05, 0.1) is 18.9 Å². The second-order valence-corrected chi connectivity index (χ2v) is 4.18. The number of halogens is 3. The summed E-state index contributed by atoms with van der Waals surface area (Å²) < 4.78 is 42.9. The highest BCUT2D eigenvalue weighted by Gasteiger charge is 2.31. The molecule has 1 aromatic heterocycles. The van der Waals surface area contributed by atoms with E-state index in [0.29, 0.717) is 11.3 Å². The average Bonchev–Trinajstić information content (AvgIpc) is 2.46. The summed E-state index contributed by atoms with van der Waals surface area (Å²) in [5, 5.41) is 10.1. The summed E-state index contributed by atoms with van der Waals surface area (Å²) in [5.74, 6) is 0.425. The van der Waals surface area contributed by atoms with Gasteiger partial charge in [0.1, 0.15) is 11.9 Å². The SMILES string of the molecule is COc1cncc(C(O)c2cccc(C(F)(F)F)c2)c1. The molecule has 1 atom stereocenters. The van der Waals surface area contributed by atoms with Crippen LogP contribution in [0.3, 0.4) is 0 Å². The van der Waals surface area contributed by atoms with Crippen molar-refractivity contribution in [1.29, 1.82) is 0 Å². The first-order chi connectivity index (χ1) is 9.41. The van der Waals surface area contributed by atoms with Gasteiger partial charge in [-0.05, 0) is 23.8 Å². The third-order valence-electron chi connectivity index (χ3n) is 2.82. The summed E-state index contributed by atoms with van der Waals surface area (Å²) in [5.41, 5.74) is -0.288. The number of nitrogens with zero attached hydrogens (tertiary/aromatic N) is 1. The molecule has 0 bridgehead atoms. The molecule has 20 heavy (non-hydrogen) atoms. The maximum absolute atomic E-state index is 12.6. The minimum absolute atomic E-state index is 0.148. The number of ether oxygens (including phenoxy) is 1. The van der Waals surface area contributed by atoms with Crippen molar-refractivity contribution in [3.8, 4) is 5.75 Å². The van der Waals surface area contributed by atoms with Gasteiger partial charge in [0.25, 0.3) is 0 Å². The van der Waals surface area contributed by atoms with Crippen molar-refractivity contribution in [3.63, 3.8) is 0 Å². The van der Waals surface area contributed by atoms with E-state index in [4.69, 9.17) is 4.74 Å². The molecule has 0 amide bonds. The van der Waals surface area contributed by atoms with Crippen LogP contribution in [0.15, 0.2) is 42.7 Å². The van der Waals surface area contributed by atoms with E-state index in [1.165, 1.54) is 37.7 Å². The molecule has 6 heteroatoms. The molecule has 0 saturated heterocycles. The predicted octanol–water partition coefficient (Wildman–Crippen LogP) is 3.19. The van der Waals surface area contributed by atoms with Crippen molar-refractivity contribution in [1.82, 2.24) is 4.98 Å². The Hall–Kier alpha value is -2.08. The average molecular weight is 283 g/mol. The topological polar surface area (TPSA) is 42.4 Å². The highest BCUT2D eigenvalue weighted by atomic mass is 19.4. The molecule has 0 aliphatic heterocycles. The maximum Gasteiger partial charge on any atom is 0.416 e. The van der Waals surface area contributed by atoms with Crippen molar-refractivity contribution in [3.05, 3.63) is 59.4 Å². The molecule has 0 fully saturated rings. The molecule has 1 aromatic carbocycles. The second-order valence-electron chi connectivity index (χ2n) is 4.18. The minimum Gasteiger partial charge on any atom is -0.495 e. The van der Waals surface area contributed by atoms with Gasteiger partial charge in [-0.2, -0.15) is 13.2 Å². The minimum atomic E-state index is -4.44. The van der Waals surface area contributed by atoms with Gasteiger partial charge >= 0.3 is 6.18 Å². The Morgan fingerprint density at radius 3 is 2.55 bits per heavy atom. The third kappa shape index (κ3) is 3.08. The fraction of sp³-hybridized carbons (Fsp3) is 0.214. The van der Waals surface area contributed by atoms with Gasteiger partial charge in [-0.15, -0.1) is 0 Å². The van der Waals surface area contributed by atoms with Crippen LogP contribution in [0.25, 0.3) is 0 Å². The fourth-order valence-corrected chi connectivity index (χ4v) is 1.77. The summed E-state index contributed by atoms with van der Waals surface area (Å²) in [4.78, 5) is 3.87. The molecule has 106 valence electrons. The number of aliphatic hydroxyl groups is 1. The van der Waals surface area contributed by atoms with Crippen LogP contribution in [0, 0.1) is 0 Å². The molecule has 0 aliphatic rings. The van der Waals surface area contributed by atoms with E-state index in [9.17, 15) is 18.3 Å². The molecule has 2 rings (SSSR count). The molecule has 1 unspecified atom stereocenters. The first kappa shape index (κ1) is 14.3. The highest BCUT2D eigenvalue weighted by molar-refractivity contribution is 5.35. The number of aromatic nitrogens is 1. The molecule has 0 spiro atoms. The van der Waals surface area contributed by atoms with Crippen LogP contribution in [0.2, 0.25) is 0 Å². The van der Waals surface area contributed by atoms with Gasteiger partial charge in [0, 0.05) is 11.8 Å². The van der Waals surface area contributed by atoms with Crippen LogP contribution in [0.5, 0.6) is 5.75 Å². The Bertz CT molecular complexity index is 599. The van der Waals surface area contributed by atoms with E-state index < -0.39 is 17.8 Å². The lowest BCUT2D eigenvalue weighted by Gasteiger charge is -2.14. The quantitative estimate of drug-likeness (QED) is 0.940. The Morgan fingerprint density at radius 2 is 1.90 bits per heavy atom. The lowest BCUT2D eigenvalue weighted by molar-refractivity contribution is -0.137. The van der Waals surface area contributed by atoms with Gasteiger partial charge in [-0.3, -0.25) is 4.98 Å². The number of benzene rings is 1. The molecule has 0 saturated carbocycles. The smallest absolute Gasteiger partial charge is 0.416 e. The van der Waals surface area contributed by atoms with Gasteiger partial charge in [-0.25, -0.2) is 0 Å². The molecule has 0 radical (unpaired) electrons.